The number of hydrogen-bond acceptors (Lipinski definition) is 4. The number of pyridine rings is 1. The molecule has 3 aromatic rings. The molecule has 1 saturated heterocycles. The van der Waals surface area contributed by atoms with E-state index < -0.39 is 5.54 Å². The van der Waals surface area contributed by atoms with E-state index in [-0.39, 0.29) is 5.91 Å². The fourth-order valence-electron chi connectivity index (χ4n) is 4.47. The number of carbonyl (C=O) groups excluding carboxylic acids is 1. The van der Waals surface area contributed by atoms with E-state index in [9.17, 15) is 4.79 Å². The summed E-state index contributed by atoms with van der Waals surface area (Å²) in [5.41, 5.74) is 9.75. The van der Waals surface area contributed by atoms with Crippen molar-refractivity contribution in [2.45, 2.75) is 31.3 Å². The topological polar surface area (TPSA) is 68.4 Å². The van der Waals surface area contributed by atoms with Crippen LogP contribution in [0.3, 0.4) is 0 Å². The number of rotatable bonds is 7. The first-order chi connectivity index (χ1) is 14.6. The molecular weight excluding hydrogens is 374 g/mol. The van der Waals surface area contributed by atoms with E-state index in [0.29, 0.717) is 13.0 Å². The second-order valence-corrected chi connectivity index (χ2v) is 7.84. The summed E-state index contributed by atoms with van der Waals surface area (Å²) in [6.45, 7) is 1.48. The van der Waals surface area contributed by atoms with E-state index in [4.69, 9.17) is 10.5 Å². The second kappa shape index (κ2) is 8.67. The Kier molecular flexibility index (Phi) is 5.81. The molecule has 0 spiro atoms. The fraction of sp³-hybridized carbons (Fsp3) is 0.280. The lowest BCUT2D eigenvalue weighted by molar-refractivity contribution is -0.129. The van der Waals surface area contributed by atoms with Crippen molar-refractivity contribution < 1.29 is 9.53 Å². The van der Waals surface area contributed by atoms with E-state index in [0.717, 1.165) is 47.4 Å². The molecule has 5 heteroatoms. The van der Waals surface area contributed by atoms with Crippen LogP contribution in [0, 0.1) is 0 Å². The molecule has 1 aromatic heterocycles. The molecule has 0 bridgehead atoms. The number of aromatic nitrogens is 1. The Labute approximate surface area is 177 Å². The van der Waals surface area contributed by atoms with E-state index in [1.807, 2.05) is 36.4 Å². The maximum Gasteiger partial charge on any atom is 0.238 e. The highest BCUT2D eigenvalue weighted by Gasteiger charge is 2.46. The number of benzene rings is 2. The van der Waals surface area contributed by atoms with Crippen LogP contribution in [0.2, 0.25) is 0 Å². The monoisotopic (exact) mass is 401 g/mol. The van der Waals surface area contributed by atoms with Crippen LogP contribution in [-0.4, -0.2) is 35.0 Å². The molecule has 1 amide bonds. The van der Waals surface area contributed by atoms with Crippen LogP contribution in [0.5, 0.6) is 5.75 Å². The number of likely N-dealkylation sites (tertiary alicyclic amines) is 1. The Morgan fingerprint density at radius 2 is 1.77 bits per heavy atom. The summed E-state index contributed by atoms with van der Waals surface area (Å²) < 4.78 is 5.51. The number of nitrogens with zero attached hydrogens (tertiary/aromatic N) is 2. The van der Waals surface area contributed by atoms with Gasteiger partial charge < -0.3 is 10.5 Å². The van der Waals surface area contributed by atoms with E-state index in [1.54, 1.807) is 19.5 Å². The number of carbonyl (C=O) groups is 1. The smallest absolute Gasteiger partial charge is 0.238 e. The number of methoxy groups -OCH3 is 1. The van der Waals surface area contributed by atoms with Gasteiger partial charge in [-0.15, -0.1) is 0 Å². The highest BCUT2D eigenvalue weighted by atomic mass is 16.5. The molecule has 0 radical (unpaired) electrons. The molecule has 0 aliphatic carbocycles. The Balaban J connectivity index is 1.58. The minimum Gasteiger partial charge on any atom is -0.496 e. The minimum atomic E-state index is -0.682. The number of ether oxygens (including phenoxy) is 1. The Morgan fingerprint density at radius 3 is 2.47 bits per heavy atom. The van der Waals surface area contributed by atoms with Crippen molar-refractivity contribution in [2.75, 3.05) is 13.7 Å². The first kappa shape index (κ1) is 20.1. The Morgan fingerprint density at radius 1 is 1.07 bits per heavy atom. The van der Waals surface area contributed by atoms with Gasteiger partial charge >= 0.3 is 0 Å². The van der Waals surface area contributed by atoms with Crippen LogP contribution in [0.25, 0.3) is 11.1 Å². The summed E-state index contributed by atoms with van der Waals surface area (Å²) >= 11 is 0. The molecule has 4 rings (SSSR count). The quantitative estimate of drug-likeness (QED) is 0.653. The van der Waals surface area contributed by atoms with Gasteiger partial charge in [0.2, 0.25) is 5.91 Å². The lowest BCUT2D eigenvalue weighted by atomic mass is 9.86. The highest BCUT2D eigenvalue weighted by molar-refractivity contribution is 5.85. The summed E-state index contributed by atoms with van der Waals surface area (Å²) in [5, 5.41) is 0. The molecule has 154 valence electrons. The van der Waals surface area contributed by atoms with Crippen LogP contribution in [0.1, 0.15) is 24.0 Å². The van der Waals surface area contributed by atoms with Crippen molar-refractivity contribution in [3.05, 3.63) is 84.2 Å². The molecular formula is C25H27N3O2. The van der Waals surface area contributed by atoms with E-state index >= 15 is 0 Å². The normalized spacial score (nSPS) is 19.0. The number of nitrogens with two attached hydrogens (primary N) is 1. The van der Waals surface area contributed by atoms with Gasteiger partial charge in [0.1, 0.15) is 11.3 Å². The van der Waals surface area contributed by atoms with Gasteiger partial charge in [0.25, 0.3) is 0 Å². The average Bonchev–Trinajstić information content (AvgIpc) is 3.18. The van der Waals surface area contributed by atoms with Crippen molar-refractivity contribution in [1.82, 2.24) is 9.88 Å². The molecule has 2 aromatic carbocycles. The van der Waals surface area contributed by atoms with Crippen molar-refractivity contribution >= 4 is 5.91 Å². The third-order valence-corrected chi connectivity index (χ3v) is 6.10. The molecule has 30 heavy (non-hydrogen) atoms. The van der Waals surface area contributed by atoms with Crippen LogP contribution in [0.15, 0.2) is 73.1 Å². The lowest BCUT2D eigenvalue weighted by Gasteiger charge is -2.36. The second-order valence-electron chi connectivity index (χ2n) is 7.84. The van der Waals surface area contributed by atoms with Gasteiger partial charge in [-0.25, -0.2) is 0 Å². The third-order valence-electron chi connectivity index (χ3n) is 6.10. The maximum absolute atomic E-state index is 12.7. The zero-order valence-corrected chi connectivity index (χ0v) is 17.3. The average molecular weight is 402 g/mol. The predicted octanol–water partition coefficient (Wildman–Crippen LogP) is 3.82. The molecule has 1 atom stereocenters. The Hall–Kier alpha value is -3.18. The molecule has 5 nitrogen and oxygen atoms in total. The van der Waals surface area contributed by atoms with Crippen molar-refractivity contribution in [3.63, 3.8) is 0 Å². The maximum atomic E-state index is 12.7. The van der Waals surface area contributed by atoms with Crippen molar-refractivity contribution in [3.8, 4) is 16.9 Å². The summed E-state index contributed by atoms with van der Waals surface area (Å²) in [6, 6.07) is 20.3. The van der Waals surface area contributed by atoms with Gasteiger partial charge in [0.15, 0.2) is 0 Å². The largest absolute Gasteiger partial charge is 0.496 e. The number of amides is 1. The summed E-state index contributed by atoms with van der Waals surface area (Å²) in [4.78, 5) is 19.0. The fourth-order valence-corrected chi connectivity index (χ4v) is 4.47. The third kappa shape index (κ3) is 3.94. The van der Waals surface area contributed by atoms with Crippen LogP contribution >= 0.6 is 0 Å². The molecule has 1 aliphatic heterocycles. The minimum absolute atomic E-state index is 0.256. The molecule has 1 unspecified atom stereocenters. The first-order valence-corrected chi connectivity index (χ1v) is 10.3. The van der Waals surface area contributed by atoms with Gasteiger partial charge in [-0.2, -0.15) is 0 Å². The zero-order valence-electron chi connectivity index (χ0n) is 17.3. The summed E-state index contributed by atoms with van der Waals surface area (Å²) in [6.07, 6.45) is 5.91. The highest BCUT2D eigenvalue weighted by Crippen LogP contribution is 2.35. The van der Waals surface area contributed by atoms with Crippen molar-refractivity contribution in [2.24, 2.45) is 5.73 Å². The number of primary amides is 1. The molecule has 2 heterocycles. The van der Waals surface area contributed by atoms with Crippen molar-refractivity contribution in [1.29, 1.82) is 0 Å². The summed E-state index contributed by atoms with van der Waals surface area (Å²) in [7, 11) is 1.68. The number of para-hydroxylation sites is 1. The van der Waals surface area contributed by atoms with Gasteiger partial charge in [-0.1, -0.05) is 42.5 Å². The van der Waals surface area contributed by atoms with E-state index in [1.165, 1.54) is 0 Å². The Bertz CT molecular complexity index is 1000. The van der Waals surface area contributed by atoms with Crippen LogP contribution < -0.4 is 10.5 Å². The first-order valence-electron chi connectivity index (χ1n) is 10.3. The zero-order chi connectivity index (χ0) is 21.0. The van der Waals surface area contributed by atoms with Gasteiger partial charge in [-0.3, -0.25) is 14.7 Å². The predicted molar refractivity (Wildman–Crippen MR) is 118 cm³/mol. The molecule has 2 N–H and O–H groups in total. The van der Waals surface area contributed by atoms with Gasteiger partial charge in [0.05, 0.1) is 7.11 Å². The van der Waals surface area contributed by atoms with Gasteiger partial charge in [-0.05, 0) is 60.7 Å². The molecule has 0 saturated carbocycles. The lowest BCUT2D eigenvalue weighted by Crippen LogP contribution is -2.55. The van der Waals surface area contributed by atoms with Crippen LogP contribution in [-0.2, 0) is 17.8 Å². The summed E-state index contributed by atoms with van der Waals surface area (Å²) in [5.74, 6) is 0.581. The van der Waals surface area contributed by atoms with Crippen LogP contribution in [0.4, 0.5) is 0 Å². The molecule has 1 fully saturated rings. The van der Waals surface area contributed by atoms with E-state index in [2.05, 4.69) is 34.1 Å². The molecule has 1 aliphatic rings. The number of hydrogen-bond donors (Lipinski definition) is 1. The standard InChI is InChI=1S/C25H27N3O2/c1-30-23-6-3-2-5-22(23)18-28-16-4-13-25(28,24(26)29)17-19-7-9-20(10-8-19)21-11-14-27-15-12-21/h2-3,5-12,14-15H,4,13,16-18H2,1H3,(H2,26,29). The van der Waals surface area contributed by atoms with Gasteiger partial charge in [0, 0.05) is 24.5 Å². The SMILES string of the molecule is COc1ccccc1CN1CCCC1(Cc1ccc(-c2ccncc2)cc1)C(N)=O.